The normalized spacial score (nSPS) is 19.4. The molecule has 5 nitrogen and oxygen atoms in total. The first kappa shape index (κ1) is 19.0. The molecule has 0 aromatic heterocycles. The van der Waals surface area contributed by atoms with E-state index in [0.717, 1.165) is 33.6 Å². The van der Waals surface area contributed by atoms with Crippen LogP contribution in [-0.4, -0.2) is 23.9 Å². The Morgan fingerprint density at radius 3 is 2.37 bits per heavy atom. The van der Waals surface area contributed by atoms with Crippen LogP contribution in [0.2, 0.25) is 0 Å². The fourth-order valence-corrected chi connectivity index (χ4v) is 3.75. The fourth-order valence-electron chi connectivity index (χ4n) is 3.75. The Labute approximate surface area is 160 Å². The standard InChI is InChI=1S/C22H26N2O3/c1-6-22(18-9-10-19(27-5)16(4)12-18)20(25)24(21(26)23-22)13-17-8-7-14(2)11-15(17)3/h7-12H,6,13H2,1-5H3,(H,23,26). The van der Waals surface area contributed by atoms with E-state index in [2.05, 4.69) is 11.4 Å². The Kier molecular flexibility index (Phi) is 4.96. The lowest BCUT2D eigenvalue weighted by molar-refractivity contribution is -0.132. The van der Waals surface area contributed by atoms with Gasteiger partial charge in [0, 0.05) is 0 Å². The molecule has 0 aliphatic carbocycles. The van der Waals surface area contributed by atoms with E-state index in [0.29, 0.717) is 6.42 Å². The molecule has 1 unspecified atom stereocenters. The van der Waals surface area contributed by atoms with Crippen LogP contribution in [0.4, 0.5) is 4.79 Å². The molecule has 27 heavy (non-hydrogen) atoms. The van der Waals surface area contributed by atoms with Gasteiger partial charge in [-0.15, -0.1) is 0 Å². The second kappa shape index (κ2) is 7.06. The number of urea groups is 1. The number of rotatable bonds is 5. The SMILES string of the molecule is CCC1(c2ccc(OC)c(C)c2)NC(=O)N(Cc2ccc(C)cc2C)C1=O. The molecular weight excluding hydrogens is 340 g/mol. The maximum Gasteiger partial charge on any atom is 0.325 e. The number of hydrogen-bond acceptors (Lipinski definition) is 3. The second-order valence-electron chi connectivity index (χ2n) is 7.19. The van der Waals surface area contributed by atoms with Gasteiger partial charge in [0.05, 0.1) is 13.7 Å². The first-order chi connectivity index (χ1) is 12.8. The van der Waals surface area contributed by atoms with Crippen LogP contribution in [0.25, 0.3) is 0 Å². The molecule has 1 heterocycles. The number of nitrogens with zero attached hydrogens (tertiary/aromatic N) is 1. The van der Waals surface area contributed by atoms with Gasteiger partial charge >= 0.3 is 6.03 Å². The van der Waals surface area contributed by atoms with E-state index in [1.54, 1.807) is 7.11 Å². The van der Waals surface area contributed by atoms with Gasteiger partial charge in [-0.25, -0.2) is 4.79 Å². The number of carbonyl (C=O) groups excluding carboxylic acids is 2. The molecule has 3 rings (SSSR count). The highest BCUT2D eigenvalue weighted by Gasteiger charge is 2.51. The molecule has 1 aliphatic heterocycles. The molecule has 1 saturated heterocycles. The summed E-state index contributed by atoms with van der Waals surface area (Å²) in [5, 5.41) is 2.95. The van der Waals surface area contributed by atoms with Gasteiger partial charge in [-0.2, -0.15) is 0 Å². The average Bonchev–Trinajstić information content (AvgIpc) is 2.88. The number of ether oxygens (including phenoxy) is 1. The van der Waals surface area contributed by atoms with Crippen LogP contribution < -0.4 is 10.1 Å². The molecule has 1 atom stereocenters. The predicted octanol–water partition coefficient (Wildman–Crippen LogP) is 3.98. The van der Waals surface area contributed by atoms with Crippen molar-refractivity contribution < 1.29 is 14.3 Å². The van der Waals surface area contributed by atoms with E-state index in [4.69, 9.17) is 4.74 Å². The van der Waals surface area contributed by atoms with E-state index in [1.807, 2.05) is 58.0 Å². The van der Waals surface area contributed by atoms with Gasteiger partial charge in [0.2, 0.25) is 0 Å². The van der Waals surface area contributed by atoms with Crippen LogP contribution >= 0.6 is 0 Å². The molecule has 0 saturated carbocycles. The highest BCUT2D eigenvalue weighted by atomic mass is 16.5. The topological polar surface area (TPSA) is 58.6 Å². The maximum absolute atomic E-state index is 13.3. The number of hydrogen-bond donors (Lipinski definition) is 1. The highest BCUT2D eigenvalue weighted by Crippen LogP contribution is 2.35. The van der Waals surface area contributed by atoms with Crippen molar-refractivity contribution >= 4 is 11.9 Å². The van der Waals surface area contributed by atoms with Gasteiger partial charge < -0.3 is 10.1 Å². The van der Waals surface area contributed by atoms with Crippen molar-refractivity contribution in [1.29, 1.82) is 0 Å². The number of imide groups is 1. The van der Waals surface area contributed by atoms with E-state index in [9.17, 15) is 9.59 Å². The Hall–Kier alpha value is -2.82. The lowest BCUT2D eigenvalue weighted by Crippen LogP contribution is -2.43. The Morgan fingerprint density at radius 1 is 1.04 bits per heavy atom. The molecule has 2 aromatic carbocycles. The van der Waals surface area contributed by atoms with E-state index in [1.165, 1.54) is 4.90 Å². The summed E-state index contributed by atoms with van der Waals surface area (Å²) in [5.41, 5.74) is 3.88. The first-order valence-electron chi connectivity index (χ1n) is 9.17. The second-order valence-corrected chi connectivity index (χ2v) is 7.19. The van der Waals surface area contributed by atoms with Crippen LogP contribution in [-0.2, 0) is 16.9 Å². The minimum Gasteiger partial charge on any atom is -0.496 e. The van der Waals surface area contributed by atoms with Gasteiger partial charge in [0.1, 0.15) is 11.3 Å². The summed E-state index contributed by atoms with van der Waals surface area (Å²) in [6.07, 6.45) is 0.479. The number of carbonyl (C=O) groups is 2. The van der Waals surface area contributed by atoms with Crippen LogP contribution in [0.1, 0.15) is 41.2 Å². The Balaban J connectivity index is 1.96. The highest BCUT2D eigenvalue weighted by molar-refractivity contribution is 6.07. The first-order valence-corrected chi connectivity index (χ1v) is 9.17. The quantitative estimate of drug-likeness (QED) is 0.815. The van der Waals surface area contributed by atoms with Gasteiger partial charge in [-0.1, -0.05) is 36.8 Å². The zero-order valence-electron chi connectivity index (χ0n) is 16.6. The zero-order chi connectivity index (χ0) is 19.8. The molecular formula is C22H26N2O3. The van der Waals surface area contributed by atoms with Gasteiger partial charge in [-0.05, 0) is 61.6 Å². The third-order valence-corrected chi connectivity index (χ3v) is 5.42. The van der Waals surface area contributed by atoms with Crippen molar-refractivity contribution in [2.45, 2.75) is 46.2 Å². The van der Waals surface area contributed by atoms with Gasteiger partial charge in [-0.3, -0.25) is 9.69 Å². The molecule has 2 aromatic rings. The third-order valence-electron chi connectivity index (χ3n) is 5.42. The minimum absolute atomic E-state index is 0.209. The predicted molar refractivity (Wildman–Crippen MR) is 105 cm³/mol. The minimum atomic E-state index is -1.04. The molecule has 1 fully saturated rings. The fraction of sp³-hybridized carbons (Fsp3) is 0.364. The zero-order valence-corrected chi connectivity index (χ0v) is 16.6. The summed E-state index contributed by atoms with van der Waals surface area (Å²) in [4.78, 5) is 27.3. The van der Waals surface area contributed by atoms with Gasteiger partial charge in [0.25, 0.3) is 5.91 Å². The molecule has 1 aliphatic rings. The van der Waals surface area contributed by atoms with E-state index < -0.39 is 5.54 Å². The lowest BCUT2D eigenvalue weighted by atomic mass is 9.86. The largest absolute Gasteiger partial charge is 0.496 e. The molecule has 5 heteroatoms. The molecule has 1 N–H and O–H groups in total. The third kappa shape index (κ3) is 3.18. The van der Waals surface area contributed by atoms with Crippen LogP contribution in [0.5, 0.6) is 5.75 Å². The lowest BCUT2D eigenvalue weighted by Gasteiger charge is -2.26. The molecule has 0 bridgehead atoms. The van der Waals surface area contributed by atoms with Crippen molar-refractivity contribution in [2.24, 2.45) is 0 Å². The summed E-state index contributed by atoms with van der Waals surface area (Å²) in [6.45, 7) is 8.14. The number of methoxy groups -OCH3 is 1. The Bertz CT molecular complexity index is 906. The summed E-state index contributed by atoms with van der Waals surface area (Å²) >= 11 is 0. The smallest absolute Gasteiger partial charge is 0.325 e. The van der Waals surface area contributed by atoms with Gasteiger partial charge in [0.15, 0.2) is 0 Å². The summed E-state index contributed by atoms with van der Waals surface area (Å²) < 4.78 is 5.32. The number of nitrogens with one attached hydrogen (secondary N) is 1. The number of amides is 3. The maximum atomic E-state index is 13.3. The number of benzene rings is 2. The van der Waals surface area contributed by atoms with E-state index >= 15 is 0 Å². The molecule has 142 valence electrons. The monoisotopic (exact) mass is 366 g/mol. The van der Waals surface area contributed by atoms with Crippen molar-refractivity contribution in [2.75, 3.05) is 7.11 Å². The van der Waals surface area contributed by atoms with Crippen molar-refractivity contribution in [1.82, 2.24) is 10.2 Å². The van der Waals surface area contributed by atoms with Crippen molar-refractivity contribution in [3.05, 3.63) is 64.2 Å². The summed E-state index contributed by atoms with van der Waals surface area (Å²) in [5.74, 6) is 0.549. The Morgan fingerprint density at radius 2 is 1.78 bits per heavy atom. The molecule has 0 spiro atoms. The molecule has 0 radical (unpaired) electrons. The van der Waals surface area contributed by atoms with Crippen LogP contribution in [0.3, 0.4) is 0 Å². The van der Waals surface area contributed by atoms with Crippen molar-refractivity contribution in [3.8, 4) is 5.75 Å². The number of aryl methyl sites for hydroxylation is 3. The van der Waals surface area contributed by atoms with Crippen molar-refractivity contribution in [3.63, 3.8) is 0 Å². The summed E-state index contributed by atoms with van der Waals surface area (Å²) in [6, 6.07) is 11.3. The summed E-state index contributed by atoms with van der Waals surface area (Å²) in [7, 11) is 1.62. The molecule has 3 amide bonds. The van der Waals surface area contributed by atoms with E-state index in [-0.39, 0.29) is 18.5 Å². The van der Waals surface area contributed by atoms with Crippen LogP contribution in [0, 0.1) is 20.8 Å². The average molecular weight is 366 g/mol. The van der Waals surface area contributed by atoms with Crippen LogP contribution in [0.15, 0.2) is 36.4 Å².